The van der Waals surface area contributed by atoms with Crippen LogP contribution in [0.25, 0.3) is 0 Å². The quantitative estimate of drug-likeness (QED) is 0.868. The van der Waals surface area contributed by atoms with Crippen LogP contribution in [0.3, 0.4) is 0 Å². The van der Waals surface area contributed by atoms with Crippen molar-refractivity contribution in [2.24, 2.45) is 5.92 Å². The van der Waals surface area contributed by atoms with E-state index in [-0.39, 0.29) is 0 Å². The molecule has 3 heteroatoms. The third-order valence-corrected chi connectivity index (χ3v) is 4.54. The van der Waals surface area contributed by atoms with E-state index in [0.717, 1.165) is 12.5 Å². The van der Waals surface area contributed by atoms with Gasteiger partial charge in [-0.3, -0.25) is 0 Å². The number of thiazole rings is 1. The van der Waals surface area contributed by atoms with Crippen LogP contribution in [0, 0.1) is 12.8 Å². The molecule has 90 valence electrons. The maximum absolute atomic E-state index is 4.29. The van der Waals surface area contributed by atoms with Gasteiger partial charge in [-0.05, 0) is 32.6 Å². The number of hydrogen-bond acceptors (Lipinski definition) is 3. The minimum absolute atomic E-state index is 0.655. The zero-order valence-corrected chi connectivity index (χ0v) is 11.1. The second-order valence-electron chi connectivity index (χ2n) is 4.91. The molecule has 0 aliphatic heterocycles. The van der Waals surface area contributed by atoms with E-state index in [4.69, 9.17) is 0 Å². The summed E-state index contributed by atoms with van der Waals surface area (Å²) in [7, 11) is 0. The number of aromatic nitrogens is 1. The standard InChI is InChI=1S/C13H22N2S/c1-10(12-6-4-3-5-7-12)14-8-13-9-15-11(2)16-13/h9-10,12,14H,3-8H2,1-2H3/t10-/m1/s1. The number of rotatable bonds is 4. The summed E-state index contributed by atoms with van der Waals surface area (Å²) in [5.41, 5.74) is 0. The Hall–Kier alpha value is -0.410. The fraction of sp³-hybridized carbons (Fsp3) is 0.769. The Morgan fingerprint density at radius 3 is 2.81 bits per heavy atom. The van der Waals surface area contributed by atoms with Gasteiger partial charge < -0.3 is 5.32 Å². The Labute approximate surface area is 102 Å². The molecule has 0 saturated heterocycles. The Morgan fingerprint density at radius 2 is 2.19 bits per heavy atom. The van der Waals surface area contributed by atoms with Gasteiger partial charge in [-0.25, -0.2) is 4.98 Å². The number of nitrogens with one attached hydrogen (secondary N) is 1. The second-order valence-corrected chi connectivity index (χ2v) is 6.23. The smallest absolute Gasteiger partial charge is 0.0897 e. The first-order chi connectivity index (χ1) is 7.75. The maximum Gasteiger partial charge on any atom is 0.0897 e. The van der Waals surface area contributed by atoms with Gasteiger partial charge in [0.2, 0.25) is 0 Å². The van der Waals surface area contributed by atoms with E-state index in [0.29, 0.717) is 6.04 Å². The molecule has 0 spiro atoms. The van der Waals surface area contributed by atoms with Crippen LogP contribution in [-0.4, -0.2) is 11.0 Å². The summed E-state index contributed by atoms with van der Waals surface area (Å²) in [5.74, 6) is 0.891. The van der Waals surface area contributed by atoms with Gasteiger partial charge in [-0.15, -0.1) is 11.3 Å². The predicted molar refractivity (Wildman–Crippen MR) is 69.7 cm³/mol. The molecule has 16 heavy (non-hydrogen) atoms. The number of aryl methyl sites for hydroxylation is 1. The summed E-state index contributed by atoms with van der Waals surface area (Å²) in [6, 6.07) is 0.655. The van der Waals surface area contributed by atoms with Gasteiger partial charge in [0.1, 0.15) is 0 Å². The molecule has 1 aromatic heterocycles. The van der Waals surface area contributed by atoms with Crippen LogP contribution in [0.2, 0.25) is 0 Å². The average Bonchev–Trinajstić information content (AvgIpc) is 2.73. The number of hydrogen-bond donors (Lipinski definition) is 1. The van der Waals surface area contributed by atoms with Crippen LogP contribution in [0.5, 0.6) is 0 Å². The lowest BCUT2D eigenvalue weighted by atomic mass is 9.84. The molecule has 1 fully saturated rings. The molecule has 1 saturated carbocycles. The summed E-state index contributed by atoms with van der Waals surface area (Å²) in [4.78, 5) is 5.65. The Balaban J connectivity index is 1.76. The molecule has 0 bridgehead atoms. The van der Waals surface area contributed by atoms with E-state index in [2.05, 4.69) is 24.1 Å². The zero-order valence-electron chi connectivity index (χ0n) is 10.3. The lowest BCUT2D eigenvalue weighted by molar-refractivity contribution is 0.281. The van der Waals surface area contributed by atoms with Crippen molar-refractivity contribution in [3.63, 3.8) is 0 Å². The predicted octanol–water partition coefficient (Wildman–Crippen LogP) is 3.51. The van der Waals surface area contributed by atoms with Gasteiger partial charge in [0, 0.05) is 23.7 Å². The van der Waals surface area contributed by atoms with E-state index in [1.807, 2.05) is 6.20 Å². The lowest BCUT2D eigenvalue weighted by Crippen LogP contribution is -2.34. The molecule has 1 aliphatic carbocycles. The summed E-state index contributed by atoms with van der Waals surface area (Å²) in [6.07, 6.45) is 9.12. The van der Waals surface area contributed by atoms with E-state index in [1.165, 1.54) is 42.0 Å². The molecule has 1 heterocycles. The van der Waals surface area contributed by atoms with Gasteiger partial charge in [0.25, 0.3) is 0 Å². The van der Waals surface area contributed by atoms with Crippen LogP contribution < -0.4 is 5.32 Å². The van der Waals surface area contributed by atoms with E-state index in [9.17, 15) is 0 Å². The van der Waals surface area contributed by atoms with Crippen LogP contribution in [-0.2, 0) is 6.54 Å². The summed E-state index contributed by atoms with van der Waals surface area (Å²) < 4.78 is 0. The molecule has 1 atom stereocenters. The van der Waals surface area contributed by atoms with E-state index in [1.54, 1.807) is 11.3 Å². The highest BCUT2D eigenvalue weighted by molar-refractivity contribution is 7.11. The minimum Gasteiger partial charge on any atom is -0.309 e. The summed E-state index contributed by atoms with van der Waals surface area (Å²) in [6.45, 7) is 5.39. The molecule has 0 radical (unpaired) electrons. The van der Waals surface area contributed by atoms with E-state index < -0.39 is 0 Å². The van der Waals surface area contributed by atoms with Crippen LogP contribution in [0.1, 0.15) is 48.9 Å². The first-order valence-corrected chi connectivity index (χ1v) is 7.22. The van der Waals surface area contributed by atoms with Crippen molar-refractivity contribution in [1.29, 1.82) is 0 Å². The van der Waals surface area contributed by atoms with Crippen molar-refractivity contribution >= 4 is 11.3 Å². The van der Waals surface area contributed by atoms with Gasteiger partial charge in [-0.2, -0.15) is 0 Å². The molecule has 2 nitrogen and oxygen atoms in total. The molecule has 1 aromatic rings. The summed E-state index contributed by atoms with van der Waals surface area (Å²) >= 11 is 1.80. The van der Waals surface area contributed by atoms with Crippen molar-refractivity contribution in [3.05, 3.63) is 16.1 Å². The molecule has 0 aromatic carbocycles. The molecule has 0 amide bonds. The van der Waals surface area contributed by atoms with E-state index >= 15 is 0 Å². The fourth-order valence-electron chi connectivity index (χ4n) is 2.55. The third kappa shape index (κ3) is 3.29. The highest BCUT2D eigenvalue weighted by Crippen LogP contribution is 2.26. The van der Waals surface area contributed by atoms with Crippen LogP contribution >= 0.6 is 11.3 Å². The highest BCUT2D eigenvalue weighted by Gasteiger charge is 2.19. The van der Waals surface area contributed by atoms with Crippen LogP contribution in [0.4, 0.5) is 0 Å². The summed E-state index contributed by atoms with van der Waals surface area (Å²) in [5, 5.41) is 4.82. The SMILES string of the molecule is Cc1ncc(CN[C@H](C)C2CCCCC2)s1. The molecule has 1 N–H and O–H groups in total. The molecule has 2 rings (SSSR count). The van der Waals surface area contributed by atoms with Crippen molar-refractivity contribution in [2.45, 2.75) is 58.5 Å². The lowest BCUT2D eigenvalue weighted by Gasteiger charge is -2.28. The van der Waals surface area contributed by atoms with Gasteiger partial charge >= 0.3 is 0 Å². The normalized spacial score (nSPS) is 19.9. The van der Waals surface area contributed by atoms with Gasteiger partial charge in [0.05, 0.1) is 5.01 Å². The Bertz CT molecular complexity index is 315. The molecular weight excluding hydrogens is 216 g/mol. The average molecular weight is 238 g/mol. The van der Waals surface area contributed by atoms with Crippen molar-refractivity contribution in [3.8, 4) is 0 Å². The third-order valence-electron chi connectivity index (χ3n) is 3.62. The Morgan fingerprint density at radius 1 is 1.44 bits per heavy atom. The molecule has 0 unspecified atom stereocenters. The van der Waals surface area contributed by atoms with Crippen LogP contribution in [0.15, 0.2) is 6.20 Å². The second kappa shape index (κ2) is 5.78. The first kappa shape index (κ1) is 12.1. The Kier molecular flexibility index (Phi) is 4.36. The zero-order chi connectivity index (χ0) is 11.4. The van der Waals surface area contributed by atoms with Crippen molar-refractivity contribution < 1.29 is 0 Å². The minimum atomic E-state index is 0.655. The van der Waals surface area contributed by atoms with Crippen molar-refractivity contribution in [2.75, 3.05) is 0 Å². The monoisotopic (exact) mass is 238 g/mol. The van der Waals surface area contributed by atoms with Gasteiger partial charge in [0.15, 0.2) is 0 Å². The molecule has 1 aliphatic rings. The highest BCUT2D eigenvalue weighted by atomic mass is 32.1. The topological polar surface area (TPSA) is 24.9 Å². The number of nitrogens with zero attached hydrogens (tertiary/aromatic N) is 1. The maximum atomic E-state index is 4.29. The van der Waals surface area contributed by atoms with Gasteiger partial charge in [-0.1, -0.05) is 19.3 Å². The first-order valence-electron chi connectivity index (χ1n) is 6.40. The largest absolute Gasteiger partial charge is 0.309 e. The molecular formula is C13H22N2S. The van der Waals surface area contributed by atoms with Crippen molar-refractivity contribution in [1.82, 2.24) is 10.3 Å². The fourth-order valence-corrected chi connectivity index (χ4v) is 3.30.